The fourth-order valence-corrected chi connectivity index (χ4v) is 1.67. The fourth-order valence-electron chi connectivity index (χ4n) is 1.67. The van der Waals surface area contributed by atoms with Gasteiger partial charge in [0.1, 0.15) is 0 Å². The van der Waals surface area contributed by atoms with Crippen molar-refractivity contribution < 1.29 is 4.74 Å². The molecule has 3 atom stereocenters. The van der Waals surface area contributed by atoms with E-state index in [1.54, 1.807) is 0 Å². The van der Waals surface area contributed by atoms with Crippen LogP contribution in [0, 0.1) is 5.92 Å². The van der Waals surface area contributed by atoms with Crippen LogP contribution in [0.25, 0.3) is 0 Å². The van der Waals surface area contributed by atoms with Crippen LogP contribution >= 0.6 is 0 Å². The van der Waals surface area contributed by atoms with Crippen LogP contribution in [0.4, 0.5) is 0 Å². The van der Waals surface area contributed by atoms with Crippen LogP contribution in [0.15, 0.2) is 0 Å². The van der Waals surface area contributed by atoms with Crippen molar-refractivity contribution in [2.75, 3.05) is 6.61 Å². The highest BCUT2D eigenvalue weighted by Crippen LogP contribution is 2.36. The lowest BCUT2D eigenvalue weighted by Crippen LogP contribution is -2.49. The highest BCUT2D eigenvalue weighted by Gasteiger charge is 2.42. The van der Waals surface area contributed by atoms with E-state index in [1.807, 2.05) is 0 Å². The summed E-state index contributed by atoms with van der Waals surface area (Å²) >= 11 is 0. The molecule has 3 unspecified atom stereocenters. The smallest absolute Gasteiger partial charge is 0.0755 e. The Morgan fingerprint density at radius 1 is 1.50 bits per heavy atom. The summed E-state index contributed by atoms with van der Waals surface area (Å²) in [4.78, 5) is 0. The van der Waals surface area contributed by atoms with E-state index in [0.29, 0.717) is 12.1 Å². The van der Waals surface area contributed by atoms with Crippen LogP contribution in [-0.2, 0) is 4.74 Å². The van der Waals surface area contributed by atoms with Gasteiger partial charge in [-0.15, -0.1) is 0 Å². The van der Waals surface area contributed by atoms with Crippen LogP contribution in [0.5, 0.6) is 0 Å². The molecule has 0 aromatic rings. The van der Waals surface area contributed by atoms with Gasteiger partial charge in [-0.05, 0) is 18.8 Å². The molecule has 0 aromatic carbocycles. The highest BCUT2D eigenvalue weighted by molar-refractivity contribution is 4.96. The topological polar surface area (TPSA) is 35.2 Å². The quantitative estimate of drug-likeness (QED) is 0.484. The molecule has 0 bridgehead atoms. The first-order valence-electron chi connectivity index (χ1n) is 3.25. The third-order valence-electron chi connectivity index (χ3n) is 2.26. The Balaban J connectivity index is 2.02. The van der Waals surface area contributed by atoms with Crippen molar-refractivity contribution in [1.29, 1.82) is 0 Å². The van der Waals surface area contributed by atoms with E-state index < -0.39 is 0 Å². The van der Waals surface area contributed by atoms with Gasteiger partial charge in [0.25, 0.3) is 0 Å². The van der Waals surface area contributed by atoms with Crippen LogP contribution in [0.3, 0.4) is 0 Å². The minimum atomic E-state index is 0.363. The maximum absolute atomic E-state index is 5.64. The van der Waals surface area contributed by atoms with E-state index in [0.717, 1.165) is 12.5 Å². The van der Waals surface area contributed by atoms with E-state index in [9.17, 15) is 0 Å². The van der Waals surface area contributed by atoms with Gasteiger partial charge in [-0.3, -0.25) is 0 Å². The molecule has 0 radical (unpaired) electrons. The Labute approximate surface area is 49.0 Å². The predicted octanol–water partition coefficient (Wildman–Crippen LogP) is 0.122. The molecule has 2 heteroatoms. The summed E-state index contributed by atoms with van der Waals surface area (Å²) in [6.45, 7) is 0.947. The molecule has 0 aromatic heterocycles. The van der Waals surface area contributed by atoms with Gasteiger partial charge >= 0.3 is 0 Å². The maximum atomic E-state index is 5.64. The van der Waals surface area contributed by atoms with E-state index in [-0.39, 0.29) is 0 Å². The second-order valence-electron chi connectivity index (χ2n) is 2.78. The number of fused-ring (bicyclic) bond motifs is 1. The molecule has 2 aliphatic rings. The summed E-state index contributed by atoms with van der Waals surface area (Å²) in [6, 6.07) is 0.363. The molecule has 1 aliphatic carbocycles. The molecule has 1 heterocycles. The van der Waals surface area contributed by atoms with Crippen molar-refractivity contribution in [3.8, 4) is 0 Å². The SMILES string of the molecule is NC1CC2CCOC12. The van der Waals surface area contributed by atoms with Gasteiger partial charge < -0.3 is 10.5 Å². The van der Waals surface area contributed by atoms with E-state index in [1.165, 1.54) is 12.8 Å². The summed E-state index contributed by atoms with van der Waals surface area (Å²) in [5.74, 6) is 0.824. The standard InChI is InChI=1S/C6H11NO/c7-5-3-4-1-2-8-6(4)5/h4-6H,1-3,7H2. The molecule has 2 N–H and O–H groups in total. The van der Waals surface area contributed by atoms with Crippen molar-refractivity contribution in [1.82, 2.24) is 0 Å². The highest BCUT2D eigenvalue weighted by atomic mass is 16.5. The van der Waals surface area contributed by atoms with Gasteiger partial charge in [0.15, 0.2) is 0 Å². The summed E-state index contributed by atoms with van der Waals surface area (Å²) in [6.07, 6.45) is 2.89. The van der Waals surface area contributed by atoms with Gasteiger partial charge in [-0.25, -0.2) is 0 Å². The maximum Gasteiger partial charge on any atom is 0.0755 e. The van der Waals surface area contributed by atoms with Crippen LogP contribution in [-0.4, -0.2) is 18.8 Å². The molecular weight excluding hydrogens is 102 g/mol. The predicted molar refractivity (Wildman–Crippen MR) is 30.4 cm³/mol. The first kappa shape index (κ1) is 4.77. The van der Waals surface area contributed by atoms with Crippen molar-refractivity contribution in [3.05, 3.63) is 0 Å². The number of hydrogen-bond donors (Lipinski definition) is 1. The van der Waals surface area contributed by atoms with Crippen molar-refractivity contribution in [2.45, 2.75) is 25.0 Å². The summed E-state index contributed by atoms with van der Waals surface area (Å²) in [5, 5.41) is 0. The average Bonchev–Trinajstić information content (AvgIpc) is 2.09. The largest absolute Gasteiger partial charge is 0.376 e. The number of hydrogen-bond acceptors (Lipinski definition) is 2. The zero-order valence-corrected chi connectivity index (χ0v) is 4.84. The minimum Gasteiger partial charge on any atom is -0.376 e. The number of nitrogens with two attached hydrogens (primary N) is 1. The fraction of sp³-hybridized carbons (Fsp3) is 1.00. The molecular formula is C6H11NO. The van der Waals surface area contributed by atoms with Crippen molar-refractivity contribution >= 4 is 0 Å². The van der Waals surface area contributed by atoms with Gasteiger partial charge in [-0.1, -0.05) is 0 Å². The van der Waals surface area contributed by atoms with Crippen LogP contribution < -0.4 is 5.73 Å². The first-order valence-corrected chi connectivity index (χ1v) is 3.25. The van der Waals surface area contributed by atoms with E-state index in [2.05, 4.69) is 0 Å². The summed E-state index contributed by atoms with van der Waals surface area (Å²) in [7, 11) is 0. The Bertz CT molecular complexity index is 105. The molecule has 8 heavy (non-hydrogen) atoms. The zero-order valence-electron chi connectivity index (χ0n) is 4.84. The Kier molecular flexibility index (Phi) is 0.866. The molecule has 1 saturated carbocycles. The monoisotopic (exact) mass is 113 g/mol. The number of rotatable bonds is 0. The first-order chi connectivity index (χ1) is 3.88. The molecule has 1 saturated heterocycles. The third kappa shape index (κ3) is 0.446. The second kappa shape index (κ2) is 1.45. The Morgan fingerprint density at radius 3 is 2.88 bits per heavy atom. The zero-order chi connectivity index (χ0) is 5.56. The normalized spacial score (nSPS) is 52.9. The average molecular weight is 113 g/mol. The molecule has 0 amide bonds. The van der Waals surface area contributed by atoms with Gasteiger partial charge in [0.2, 0.25) is 0 Å². The summed E-state index contributed by atoms with van der Waals surface area (Å²) in [5.41, 5.74) is 5.64. The van der Waals surface area contributed by atoms with Crippen molar-refractivity contribution in [3.63, 3.8) is 0 Å². The van der Waals surface area contributed by atoms with E-state index in [4.69, 9.17) is 10.5 Å². The number of ether oxygens (including phenoxy) is 1. The van der Waals surface area contributed by atoms with E-state index >= 15 is 0 Å². The second-order valence-corrected chi connectivity index (χ2v) is 2.78. The lowest BCUT2D eigenvalue weighted by molar-refractivity contribution is 0.0133. The van der Waals surface area contributed by atoms with Crippen molar-refractivity contribution in [2.24, 2.45) is 11.7 Å². The van der Waals surface area contributed by atoms with Gasteiger partial charge in [-0.2, -0.15) is 0 Å². The molecule has 0 spiro atoms. The molecule has 46 valence electrons. The molecule has 2 fully saturated rings. The minimum absolute atomic E-state index is 0.363. The third-order valence-corrected chi connectivity index (χ3v) is 2.26. The van der Waals surface area contributed by atoms with Gasteiger partial charge in [0.05, 0.1) is 6.10 Å². The summed E-state index contributed by atoms with van der Waals surface area (Å²) < 4.78 is 5.34. The molecule has 1 aliphatic heterocycles. The van der Waals surface area contributed by atoms with Gasteiger partial charge in [0, 0.05) is 12.6 Å². The molecule has 2 rings (SSSR count). The lowest BCUT2D eigenvalue weighted by atomic mass is 9.78. The Hall–Kier alpha value is -0.0800. The van der Waals surface area contributed by atoms with Crippen LogP contribution in [0.2, 0.25) is 0 Å². The van der Waals surface area contributed by atoms with Crippen LogP contribution in [0.1, 0.15) is 12.8 Å². The Morgan fingerprint density at radius 2 is 2.38 bits per heavy atom. The lowest BCUT2D eigenvalue weighted by Gasteiger charge is -2.35. The molecule has 2 nitrogen and oxygen atoms in total.